The van der Waals surface area contributed by atoms with Gasteiger partial charge in [0.2, 0.25) is 0 Å². The van der Waals surface area contributed by atoms with E-state index in [0.717, 1.165) is 22.5 Å². The summed E-state index contributed by atoms with van der Waals surface area (Å²) in [5.74, 6) is 0.899. The Morgan fingerprint density at radius 3 is 2.24 bits per heavy atom. The fourth-order valence-corrected chi connectivity index (χ4v) is 4.73. The fraction of sp³-hybridized carbons (Fsp3) is 0.200. The van der Waals surface area contributed by atoms with Crippen LogP contribution in [0.4, 0.5) is 5.69 Å². The second-order valence-electron chi connectivity index (χ2n) is 8.18. The van der Waals surface area contributed by atoms with Gasteiger partial charge in [-0.3, -0.25) is 9.52 Å². The zero-order chi connectivity index (χ0) is 23.8. The van der Waals surface area contributed by atoms with Gasteiger partial charge in [-0.05, 0) is 53.9 Å². The molecule has 170 valence electrons. The largest absolute Gasteiger partial charge is 0.355 e. The molecular formula is C25H26N4O3S. The summed E-state index contributed by atoms with van der Waals surface area (Å²) in [7, 11) is -0.226. The van der Waals surface area contributed by atoms with Gasteiger partial charge in [0.1, 0.15) is 5.82 Å². The number of rotatable bonds is 6. The van der Waals surface area contributed by atoms with Crippen LogP contribution >= 0.6 is 0 Å². The zero-order valence-corrected chi connectivity index (χ0v) is 19.8. The zero-order valence-electron chi connectivity index (χ0n) is 19.0. The minimum atomic E-state index is -3.72. The Morgan fingerprint density at radius 1 is 0.970 bits per heavy atom. The van der Waals surface area contributed by atoms with E-state index in [1.165, 1.54) is 0 Å². The SMILES string of the molecule is CNC(=O)c1ccc(-c2nc3cc(NS(=O)(=O)c4ccc(C(C)C)cc4)ccc3n2C)cc1. The van der Waals surface area contributed by atoms with E-state index in [-0.39, 0.29) is 10.8 Å². The molecule has 0 radical (unpaired) electrons. The van der Waals surface area contributed by atoms with Gasteiger partial charge in [0, 0.05) is 25.2 Å². The highest BCUT2D eigenvalue weighted by atomic mass is 32.2. The van der Waals surface area contributed by atoms with Crippen LogP contribution in [0.3, 0.4) is 0 Å². The lowest BCUT2D eigenvalue weighted by molar-refractivity contribution is 0.0963. The second-order valence-corrected chi connectivity index (χ2v) is 9.87. The lowest BCUT2D eigenvalue weighted by Gasteiger charge is -2.10. The molecule has 2 N–H and O–H groups in total. The number of anilines is 1. The van der Waals surface area contributed by atoms with Crippen molar-refractivity contribution < 1.29 is 13.2 Å². The van der Waals surface area contributed by atoms with Crippen LogP contribution in [0.5, 0.6) is 0 Å². The van der Waals surface area contributed by atoms with E-state index in [1.54, 1.807) is 43.4 Å². The number of nitrogens with zero attached hydrogens (tertiary/aromatic N) is 2. The van der Waals surface area contributed by atoms with E-state index in [4.69, 9.17) is 4.98 Å². The van der Waals surface area contributed by atoms with Crippen LogP contribution in [-0.2, 0) is 17.1 Å². The highest BCUT2D eigenvalue weighted by Crippen LogP contribution is 2.27. The van der Waals surface area contributed by atoms with Gasteiger partial charge in [-0.15, -0.1) is 0 Å². The molecule has 1 aromatic heterocycles. The van der Waals surface area contributed by atoms with Gasteiger partial charge in [-0.1, -0.05) is 38.1 Å². The quantitative estimate of drug-likeness (QED) is 0.440. The molecule has 0 saturated carbocycles. The highest BCUT2D eigenvalue weighted by molar-refractivity contribution is 7.92. The van der Waals surface area contributed by atoms with Crippen LogP contribution in [0.1, 0.15) is 35.7 Å². The first-order valence-corrected chi connectivity index (χ1v) is 12.1. The molecule has 0 aliphatic rings. The first-order chi connectivity index (χ1) is 15.7. The van der Waals surface area contributed by atoms with Gasteiger partial charge in [-0.2, -0.15) is 0 Å². The maximum Gasteiger partial charge on any atom is 0.261 e. The molecule has 0 fully saturated rings. The Morgan fingerprint density at radius 2 is 1.64 bits per heavy atom. The highest BCUT2D eigenvalue weighted by Gasteiger charge is 2.16. The number of sulfonamides is 1. The average Bonchev–Trinajstić information content (AvgIpc) is 3.14. The number of imidazole rings is 1. The molecule has 4 aromatic rings. The summed E-state index contributed by atoms with van der Waals surface area (Å²) in [4.78, 5) is 16.7. The third kappa shape index (κ3) is 4.47. The molecule has 4 rings (SSSR count). The molecule has 33 heavy (non-hydrogen) atoms. The average molecular weight is 463 g/mol. The molecule has 1 amide bonds. The van der Waals surface area contributed by atoms with Gasteiger partial charge < -0.3 is 9.88 Å². The monoisotopic (exact) mass is 462 g/mol. The number of aromatic nitrogens is 2. The molecule has 8 heteroatoms. The van der Waals surface area contributed by atoms with Crippen molar-refractivity contribution in [1.29, 1.82) is 0 Å². The topological polar surface area (TPSA) is 93.1 Å². The molecule has 0 aliphatic carbocycles. The van der Waals surface area contributed by atoms with Crippen LogP contribution in [-0.4, -0.2) is 30.9 Å². The number of benzene rings is 3. The van der Waals surface area contributed by atoms with Crippen molar-refractivity contribution >= 4 is 32.7 Å². The molecule has 0 unspecified atom stereocenters. The van der Waals surface area contributed by atoms with E-state index in [9.17, 15) is 13.2 Å². The Balaban J connectivity index is 1.63. The summed E-state index contributed by atoms with van der Waals surface area (Å²) < 4.78 is 30.3. The smallest absolute Gasteiger partial charge is 0.261 e. The minimum absolute atomic E-state index is 0.151. The van der Waals surface area contributed by atoms with Crippen LogP contribution in [0.25, 0.3) is 22.4 Å². The van der Waals surface area contributed by atoms with Crippen molar-refractivity contribution in [2.24, 2.45) is 7.05 Å². The van der Waals surface area contributed by atoms with E-state index in [0.29, 0.717) is 22.7 Å². The van der Waals surface area contributed by atoms with Crippen LogP contribution < -0.4 is 10.0 Å². The fourth-order valence-electron chi connectivity index (χ4n) is 3.68. The molecular weight excluding hydrogens is 436 g/mol. The number of aryl methyl sites for hydroxylation is 1. The number of hydrogen-bond donors (Lipinski definition) is 2. The number of hydrogen-bond acceptors (Lipinski definition) is 4. The Bertz CT molecular complexity index is 1420. The number of nitrogens with one attached hydrogen (secondary N) is 2. The maximum atomic E-state index is 12.9. The van der Waals surface area contributed by atoms with Gasteiger partial charge >= 0.3 is 0 Å². The molecule has 0 bridgehead atoms. The Labute approximate surface area is 193 Å². The van der Waals surface area contributed by atoms with Crippen LogP contribution in [0, 0.1) is 0 Å². The standard InChI is InChI=1S/C25H26N4O3S/c1-16(2)17-9-12-21(13-10-17)33(31,32)28-20-11-14-23-22(15-20)27-24(29(23)4)18-5-7-19(8-6-18)25(30)26-3/h5-16,28H,1-4H3,(H,26,30). The van der Waals surface area contributed by atoms with Crippen molar-refractivity contribution in [3.8, 4) is 11.4 Å². The van der Waals surface area contributed by atoms with E-state index >= 15 is 0 Å². The summed E-state index contributed by atoms with van der Waals surface area (Å²) >= 11 is 0. The predicted molar refractivity (Wildman–Crippen MR) is 131 cm³/mol. The van der Waals surface area contributed by atoms with Gasteiger partial charge in [-0.25, -0.2) is 13.4 Å². The summed E-state index contributed by atoms with van der Waals surface area (Å²) in [6.07, 6.45) is 0. The lowest BCUT2D eigenvalue weighted by atomic mass is 10.0. The summed E-state index contributed by atoms with van der Waals surface area (Å²) in [5.41, 5.74) is 4.48. The number of carbonyl (C=O) groups excluding carboxylic acids is 1. The molecule has 0 atom stereocenters. The van der Waals surface area contributed by atoms with Crippen LogP contribution in [0.15, 0.2) is 71.6 Å². The third-order valence-corrected chi connectivity index (χ3v) is 7.02. The Hall–Kier alpha value is -3.65. The van der Waals surface area contributed by atoms with Gasteiger partial charge in [0.15, 0.2) is 0 Å². The number of amides is 1. The molecule has 7 nitrogen and oxygen atoms in total. The third-order valence-electron chi connectivity index (χ3n) is 5.62. The lowest BCUT2D eigenvalue weighted by Crippen LogP contribution is -2.17. The molecule has 3 aromatic carbocycles. The van der Waals surface area contributed by atoms with Crippen molar-refractivity contribution in [1.82, 2.24) is 14.9 Å². The normalized spacial score (nSPS) is 11.7. The van der Waals surface area contributed by atoms with Crippen molar-refractivity contribution in [2.45, 2.75) is 24.7 Å². The summed E-state index contributed by atoms with van der Waals surface area (Å²) in [5, 5.41) is 2.60. The van der Waals surface area contributed by atoms with Crippen LogP contribution in [0.2, 0.25) is 0 Å². The number of carbonyl (C=O) groups is 1. The summed E-state index contributed by atoms with van der Waals surface area (Å²) in [6, 6.07) is 19.4. The van der Waals surface area contributed by atoms with Crippen molar-refractivity contribution in [3.05, 3.63) is 77.9 Å². The van der Waals surface area contributed by atoms with Gasteiger partial charge in [0.05, 0.1) is 21.6 Å². The molecule has 0 spiro atoms. The molecule has 0 saturated heterocycles. The van der Waals surface area contributed by atoms with E-state index in [1.807, 2.05) is 41.9 Å². The Kier molecular flexibility index (Phi) is 5.95. The first kappa shape index (κ1) is 22.5. The first-order valence-electron chi connectivity index (χ1n) is 10.6. The summed E-state index contributed by atoms with van der Waals surface area (Å²) in [6.45, 7) is 4.13. The molecule has 1 heterocycles. The van der Waals surface area contributed by atoms with E-state index < -0.39 is 10.0 Å². The van der Waals surface area contributed by atoms with Gasteiger partial charge in [0.25, 0.3) is 15.9 Å². The second kappa shape index (κ2) is 8.71. The van der Waals surface area contributed by atoms with Crippen molar-refractivity contribution in [3.63, 3.8) is 0 Å². The maximum absolute atomic E-state index is 12.9. The molecule has 0 aliphatic heterocycles. The van der Waals surface area contributed by atoms with Crippen molar-refractivity contribution in [2.75, 3.05) is 11.8 Å². The predicted octanol–water partition coefficient (Wildman–Crippen LogP) is 4.52. The van der Waals surface area contributed by atoms with E-state index in [2.05, 4.69) is 23.9 Å². The number of fused-ring (bicyclic) bond motifs is 1. The minimum Gasteiger partial charge on any atom is -0.355 e.